The summed E-state index contributed by atoms with van der Waals surface area (Å²) in [7, 11) is 0. The van der Waals surface area contributed by atoms with Crippen LogP contribution in [0.1, 0.15) is 146 Å². The summed E-state index contributed by atoms with van der Waals surface area (Å²) >= 11 is 0. The topological polar surface area (TPSA) is 43.1 Å². The van der Waals surface area contributed by atoms with E-state index in [2.05, 4.69) is 83.2 Å². The van der Waals surface area contributed by atoms with Gasteiger partial charge in [0.15, 0.2) is 5.78 Å². The van der Waals surface area contributed by atoms with Crippen molar-refractivity contribution >= 4 is 16.9 Å². The lowest BCUT2D eigenvalue weighted by Crippen LogP contribution is -2.15. The zero-order valence-corrected chi connectivity index (χ0v) is 31.7. The molecule has 0 bridgehead atoms. The van der Waals surface area contributed by atoms with Gasteiger partial charge in [-0.1, -0.05) is 123 Å². The molecular weight excluding hydrogens is 626 g/mol. The number of rotatable bonds is 6. The van der Waals surface area contributed by atoms with Crippen LogP contribution in [0, 0.1) is 17.7 Å². The highest BCUT2D eigenvalue weighted by Gasteiger charge is 2.26. The lowest BCUT2D eigenvalue weighted by molar-refractivity contribution is -0.114. The minimum Gasteiger partial charge on any atom is -0.321 e. The third-order valence-electron chi connectivity index (χ3n) is 12.1. The molecule has 4 atom stereocenters. The number of fused-ring (bicyclic) bond motifs is 1. The Morgan fingerprint density at radius 3 is 2.51 bits per heavy atom. The Hall–Kier alpha value is -3.82. The molecule has 1 saturated carbocycles. The summed E-state index contributed by atoms with van der Waals surface area (Å²) in [5, 5.41) is 0. The molecule has 268 valence electrons. The monoisotopic (exact) mass is 683 g/mol. The van der Waals surface area contributed by atoms with Crippen molar-refractivity contribution in [2.45, 2.75) is 124 Å². The van der Waals surface area contributed by atoms with E-state index in [0.717, 1.165) is 61.2 Å². The highest BCUT2D eigenvalue weighted by molar-refractivity contribution is 6.21. The predicted octanol–water partition coefficient (Wildman–Crippen LogP) is 13.0. The fraction of sp³-hybridized carbons (Fsp3) is 0.438. The summed E-state index contributed by atoms with van der Waals surface area (Å²) in [6.45, 7) is 11.0. The van der Waals surface area contributed by atoms with Crippen LogP contribution in [0.5, 0.6) is 0 Å². The molecule has 0 saturated heterocycles. The third kappa shape index (κ3) is 8.80. The predicted molar refractivity (Wildman–Crippen MR) is 214 cm³/mol. The Morgan fingerprint density at radius 2 is 1.75 bits per heavy atom. The van der Waals surface area contributed by atoms with Gasteiger partial charge in [0, 0.05) is 17.6 Å². The van der Waals surface area contributed by atoms with Crippen molar-refractivity contribution in [1.29, 1.82) is 0 Å². The minimum absolute atomic E-state index is 0.0229. The molecule has 2 aromatic rings. The standard InChI is InChI=1S/C48H58FNO/c1-6-35-27-39-13-9-15-43(48(50)38-22-20-37(21-23-38)36-12-7-10-31(2)16-18-36)33(4)17-19-40(39)29-45(47(51)28-35)44-25-24-41(30-46(44)49)42-14-8-11-32(3)26-34(42)5/h8,11,13-14,19-25,29-31,35-36,48H,6-7,9-10,12,15-18,26-28,50H2,1-5H3. The van der Waals surface area contributed by atoms with Crippen molar-refractivity contribution < 1.29 is 9.18 Å². The third-order valence-corrected chi connectivity index (χ3v) is 12.1. The number of carbonyl (C=O) groups is 1. The highest BCUT2D eigenvalue weighted by atomic mass is 19.1. The minimum atomic E-state index is -0.346. The van der Waals surface area contributed by atoms with Crippen molar-refractivity contribution in [3.05, 3.63) is 140 Å². The Balaban J connectivity index is 1.29. The van der Waals surface area contributed by atoms with Gasteiger partial charge in [-0.15, -0.1) is 0 Å². The zero-order chi connectivity index (χ0) is 36.1. The average Bonchev–Trinajstić information content (AvgIpc) is 3.41. The van der Waals surface area contributed by atoms with Crippen molar-refractivity contribution in [1.82, 2.24) is 0 Å². The lowest BCUT2D eigenvalue weighted by atomic mass is 9.81. The molecule has 2 aromatic carbocycles. The van der Waals surface area contributed by atoms with E-state index >= 15 is 4.39 Å². The maximum absolute atomic E-state index is 16.1. The van der Waals surface area contributed by atoms with Crippen LogP contribution < -0.4 is 5.73 Å². The second kappa shape index (κ2) is 16.7. The van der Waals surface area contributed by atoms with E-state index in [1.54, 1.807) is 6.07 Å². The maximum atomic E-state index is 16.1. The Morgan fingerprint density at radius 1 is 0.941 bits per heavy atom. The molecule has 2 nitrogen and oxygen atoms in total. The van der Waals surface area contributed by atoms with E-state index in [1.807, 2.05) is 24.3 Å². The molecule has 2 N–H and O–H groups in total. The summed E-state index contributed by atoms with van der Waals surface area (Å²) in [6, 6.07) is 14.4. The van der Waals surface area contributed by atoms with Crippen molar-refractivity contribution in [2.75, 3.05) is 0 Å². The van der Waals surface area contributed by atoms with Gasteiger partial charge in [0.25, 0.3) is 0 Å². The number of hydrogen-bond donors (Lipinski definition) is 1. The maximum Gasteiger partial charge on any atom is 0.163 e. The van der Waals surface area contributed by atoms with Crippen molar-refractivity contribution in [3.8, 4) is 0 Å². The largest absolute Gasteiger partial charge is 0.321 e. The van der Waals surface area contributed by atoms with Crippen LogP contribution in [0.3, 0.4) is 0 Å². The van der Waals surface area contributed by atoms with Crippen LogP contribution in [0.4, 0.5) is 4.39 Å². The number of carbonyl (C=O) groups excluding carboxylic acids is 1. The number of allylic oxidation sites excluding steroid dienone is 13. The van der Waals surface area contributed by atoms with Crippen molar-refractivity contribution in [3.63, 3.8) is 0 Å². The first-order chi connectivity index (χ1) is 24.6. The van der Waals surface area contributed by atoms with Crippen LogP contribution in [-0.2, 0) is 4.79 Å². The molecule has 0 aromatic heterocycles. The SMILES string of the molecule is CCC1CC(=O)C(c2ccc(C3=C(C)CC(C)=CC=C3)cc2F)=CC2=CCC(C)=C(C(N)c3ccc(C4CCCC(C)CC4)cc3)CCC=C2C1. The molecule has 6 rings (SSSR count). The summed E-state index contributed by atoms with van der Waals surface area (Å²) in [6.07, 6.45) is 25.0. The first-order valence-corrected chi connectivity index (χ1v) is 19.6. The summed E-state index contributed by atoms with van der Waals surface area (Å²) < 4.78 is 16.1. The van der Waals surface area contributed by atoms with E-state index in [9.17, 15) is 4.79 Å². The zero-order valence-electron chi connectivity index (χ0n) is 31.7. The fourth-order valence-corrected chi connectivity index (χ4v) is 8.80. The number of Topliss-reactive ketones (excluding diaryl/α,β-unsaturated/α-hetero) is 1. The van der Waals surface area contributed by atoms with E-state index < -0.39 is 0 Å². The average molecular weight is 684 g/mol. The smallest absolute Gasteiger partial charge is 0.163 e. The van der Waals surface area contributed by atoms with Crippen LogP contribution >= 0.6 is 0 Å². The van der Waals surface area contributed by atoms with Gasteiger partial charge >= 0.3 is 0 Å². The number of hydrogen-bond acceptors (Lipinski definition) is 2. The molecule has 51 heavy (non-hydrogen) atoms. The first-order valence-electron chi connectivity index (χ1n) is 19.6. The molecule has 0 amide bonds. The molecule has 3 heteroatoms. The first kappa shape index (κ1) is 37.0. The molecule has 0 spiro atoms. The van der Waals surface area contributed by atoms with Crippen LogP contribution in [0.2, 0.25) is 0 Å². The normalized spacial score (nSPS) is 24.4. The van der Waals surface area contributed by atoms with Crippen LogP contribution in [0.25, 0.3) is 11.1 Å². The fourth-order valence-electron chi connectivity index (χ4n) is 8.80. The van der Waals surface area contributed by atoms with E-state index in [4.69, 9.17) is 5.73 Å². The molecule has 0 aliphatic heterocycles. The van der Waals surface area contributed by atoms with Crippen LogP contribution in [0.15, 0.2) is 112 Å². The summed E-state index contributed by atoms with van der Waals surface area (Å²) in [4.78, 5) is 13.9. The Labute approximate surface area is 306 Å². The van der Waals surface area contributed by atoms with Gasteiger partial charge < -0.3 is 5.73 Å². The number of ketones is 1. The number of halogens is 1. The quantitative estimate of drug-likeness (QED) is 0.243. The van der Waals surface area contributed by atoms with Gasteiger partial charge in [0.1, 0.15) is 5.82 Å². The number of benzene rings is 2. The van der Waals surface area contributed by atoms with Gasteiger partial charge in [-0.05, 0) is 135 Å². The van der Waals surface area contributed by atoms with Crippen molar-refractivity contribution in [2.24, 2.45) is 17.6 Å². The molecule has 4 unspecified atom stereocenters. The summed E-state index contributed by atoms with van der Waals surface area (Å²) in [5.41, 5.74) is 19.8. The molecular formula is C48H58FNO. The van der Waals surface area contributed by atoms with E-state index in [1.165, 1.54) is 71.1 Å². The van der Waals surface area contributed by atoms with E-state index in [0.29, 0.717) is 23.5 Å². The van der Waals surface area contributed by atoms with Gasteiger partial charge in [-0.25, -0.2) is 4.39 Å². The molecule has 4 aliphatic carbocycles. The molecule has 1 fully saturated rings. The highest BCUT2D eigenvalue weighted by Crippen LogP contribution is 2.39. The molecule has 0 radical (unpaired) electrons. The Kier molecular flexibility index (Phi) is 12.1. The summed E-state index contributed by atoms with van der Waals surface area (Å²) in [5.74, 6) is 1.39. The Bertz CT molecular complexity index is 1840. The van der Waals surface area contributed by atoms with Gasteiger partial charge in [-0.3, -0.25) is 4.79 Å². The molecule has 4 aliphatic rings. The van der Waals surface area contributed by atoms with Gasteiger partial charge in [0.05, 0.1) is 6.04 Å². The number of nitrogens with two attached hydrogens (primary N) is 1. The second-order valence-corrected chi connectivity index (χ2v) is 16.0. The van der Waals surface area contributed by atoms with Gasteiger partial charge in [0.2, 0.25) is 0 Å². The van der Waals surface area contributed by atoms with Gasteiger partial charge in [-0.2, -0.15) is 0 Å². The van der Waals surface area contributed by atoms with Crippen LogP contribution in [-0.4, -0.2) is 5.78 Å². The second-order valence-electron chi connectivity index (χ2n) is 16.0. The lowest BCUT2D eigenvalue weighted by Gasteiger charge is -2.23. The molecule has 0 heterocycles. The van der Waals surface area contributed by atoms with E-state index in [-0.39, 0.29) is 23.6 Å².